The second-order valence-electron chi connectivity index (χ2n) is 7.21. The summed E-state index contributed by atoms with van der Waals surface area (Å²) in [5, 5.41) is 0. The molecule has 0 aliphatic heterocycles. The maximum atomic E-state index is 4.61. The molecule has 0 spiro atoms. The summed E-state index contributed by atoms with van der Waals surface area (Å²) in [6, 6.07) is 35.2. The Morgan fingerprint density at radius 2 is 1.15 bits per heavy atom. The van der Waals surface area contributed by atoms with Crippen molar-refractivity contribution in [1.82, 2.24) is 0 Å². The van der Waals surface area contributed by atoms with Gasteiger partial charge in [0.25, 0.3) is 0 Å². The molecule has 27 heavy (non-hydrogen) atoms. The quantitative estimate of drug-likeness (QED) is 0.333. The molecule has 0 amide bonds. The summed E-state index contributed by atoms with van der Waals surface area (Å²) in [4.78, 5) is 1.03. The third-order valence-electron chi connectivity index (χ3n) is 5.79. The summed E-state index contributed by atoms with van der Waals surface area (Å²) in [6.45, 7) is 2.14. The molecule has 0 fully saturated rings. The van der Waals surface area contributed by atoms with Gasteiger partial charge in [0.2, 0.25) is 0 Å². The summed E-state index contributed by atoms with van der Waals surface area (Å²) in [7, 11) is 0. The van der Waals surface area contributed by atoms with Gasteiger partial charge in [-0.3, -0.25) is 0 Å². The summed E-state index contributed by atoms with van der Waals surface area (Å²) >= 11 is 4.61. The molecule has 1 aliphatic rings. The maximum Gasteiger partial charge on any atom is 0.0713 e. The molecule has 0 nitrogen and oxygen atoms in total. The minimum Gasteiger partial charge on any atom is -0.143 e. The zero-order valence-corrected chi connectivity index (χ0v) is 16.1. The number of benzene rings is 4. The lowest BCUT2D eigenvalue weighted by Crippen LogP contribution is -2.28. The highest BCUT2D eigenvalue weighted by molar-refractivity contribution is 7.80. The van der Waals surface area contributed by atoms with E-state index in [-0.39, 0.29) is 5.41 Å². The second kappa shape index (κ2) is 6.14. The van der Waals surface area contributed by atoms with Gasteiger partial charge < -0.3 is 0 Å². The van der Waals surface area contributed by atoms with E-state index in [0.717, 1.165) is 4.90 Å². The first-order valence-corrected chi connectivity index (χ1v) is 9.72. The highest BCUT2D eigenvalue weighted by atomic mass is 32.1. The number of rotatable bonds is 2. The molecule has 0 unspecified atom stereocenters. The van der Waals surface area contributed by atoms with E-state index in [4.69, 9.17) is 0 Å². The topological polar surface area (TPSA) is 0 Å². The Hall–Kier alpha value is -2.77. The third-order valence-corrected chi connectivity index (χ3v) is 6.29. The van der Waals surface area contributed by atoms with Gasteiger partial charge in [0.1, 0.15) is 0 Å². The molecule has 0 saturated carbocycles. The van der Waals surface area contributed by atoms with Crippen molar-refractivity contribution in [3.8, 4) is 11.1 Å². The average molecular weight is 365 g/mol. The van der Waals surface area contributed by atoms with Crippen LogP contribution >= 0.6 is 12.6 Å². The van der Waals surface area contributed by atoms with Crippen molar-refractivity contribution < 1.29 is 0 Å². The van der Waals surface area contributed by atoms with Gasteiger partial charge in [-0.2, -0.15) is 0 Å². The van der Waals surface area contributed by atoms with Crippen LogP contribution in [0.3, 0.4) is 0 Å². The van der Waals surface area contributed by atoms with Gasteiger partial charge in [0.05, 0.1) is 5.41 Å². The van der Waals surface area contributed by atoms with Gasteiger partial charge in [-0.1, -0.05) is 91.0 Å². The first kappa shape index (κ1) is 16.4. The van der Waals surface area contributed by atoms with Crippen LogP contribution in [-0.2, 0) is 5.41 Å². The number of thiol groups is 1. The lowest BCUT2D eigenvalue weighted by atomic mass is 9.67. The van der Waals surface area contributed by atoms with Crippen molar-refractivity contribution >= 4 is 12.6 Å². The average Bonchev–Trinajstić information content (AvgIpc) is 3.02. The molecular weight excluding hydrogens is 344 g/mol. The Labute approximate surface area is 165 Å². The zero-order valence-electron chi connectivity index (χ0n) is 15.2. The Kier molecular flexibility index (Phi) is 3.73. The van der Waals surface area contributed by atoms with Crippen LogP contribution in [0.15, 0.2) is 102 Å². The van der Waals surface area contributed by atoms with E-state index in [1.807, 2.05) is 0 Å². The predicted octanol–water partition coefficient (Wildman–Crippen LogP) is 6.65. The predicted molar refractivity (Wildman–Crippen MR) is 116 cm³/mol. The van der Waals surface area contributed by atoms with Crippen LogP contribution in [0.25, 0.3) is 11.1 Å². The molecule has 0 bridgehead atoms. The number of hydrogen-bond acceptors (Lipinski definition) is 1. The van der Waals surface area contributed by atoms with Crippen molar-refractivity contribution in [1.29, 1.82) is 0 Å². The Balaban J connectivity index is 1.97. The SMILES string of the molecule is Cc1cc(C2(c3ccccc3)c3ccccc3-c3ccccc32)ccc1S. The van der Waals surface area contributed by atoms with Crippen LogP contribution in [0.4, 0.5) is 0 Å². The molecule has 0 radical (unpaired) electrons. The molecule has 0 N–H and O–H groups in total. The molecule has 130 valence electrons. The summed E-state index contributed by atoms with van der Waals surface area (Å²) in [5.74, 6) is 0. The molecule has 5 rings (SSSR count). The van der Waals surface area contributed by atoms with Crippen molar-refractivity contribution in [3.05, 3.63) is 125 Å². The standard InChI is InChI=1S/C26H20S/c1-18-17-20(15-16-25(18)27)26(19-9-3-2-4-10-19)23-13-7-5-11-21(23)22-12-6-8-14-24(22)26/h2-17,27H,1H3. The maximum absolute atomic E-state index is 4.61. The zero-order chi connectivity index (χ0) is 18.4. The molecule has 1 aliphatic carbocycles. The van der Waals surface area contributed by atoms with E-state index in [1.54, 1.807) is 0 Å². The van der Waals surface area contributed by atoms with Gasteiger partial charge >= 0.3 is 0 Å². The molecule has 0 saturated heterocycles. The monoisotopic (exact) mass is 364 g/mol. The minimum absolute atomic E-state index is 0.305. The van der Waals surface area contributed by atoms with E-state index in [9.17, 15) is 0 Å². The normalized spacial score (nSPS) is 13.9. The van der Waals surface area contributed by atoms with Crippen LogP contribution < -0.4 is 0 Å². The van der Waals surface area contributed by atoms with E-state index in [0.29, 0.717) is 0 Å². The molecule has 0 heterocycles. The molecular formula is C26H20S. The first-order valence-electron chi connectivity index (χ1n) is 9.28. The fourth-order valence-electron chi connectivity index (χ4n) is 4.60. The van der Waals surface area contributed by atoms with Crippen LogP contribution in [0, 0.1) is 6.92 Å². The van der Waals surface area contributed by atoms with Crippen LogP contribution in [0.1, 0.15) is 27.8 Å². The first-order chi connectivity index (χ1) is 13.2. The largest absolute Gasteiger partial charge is 0.143 e. The van der Waals surface area contributed by atoms with Crippen molar-refractivity contribution in [2.24, 2.45) is 0 Å². The molecule has 4 aromatic carbocycles. The van der Waals surface area contributed by atoms with Crippen molar-refractivity contribution in [2.75, 3.05) is 0 Å². The molecule has 0 aromatic heterocycles. The van der Waals surface area contributed by atoms with Gasteiger partial charge in [-0.15, -0.1) is 12.6 Å². The second-order valence-corrected chi connectivity index (χ2v) is 7.69. The molecule has 4 aromatic rings. The highest BCUT2D eigenvalue weighted by Gasteiger charge is 2.45. The van der Waals surface area contributed by atoms with Crippen LogP contribution in [0.2, 0.25) is 0 Å². The van der Waals surface area contributed by atoms with Gasteiger partial charge in [-0.05, 0) is 51.9 Å². The third kappa shape index (κ3) is 2.25. The van der Waals surface area contributed by atoms with Gasteiger partial charge in [0, 0.05) is 4.90 Å². The Morgan fingerprint density at radius 1 is 0.593 bits per heavy atom. The van der Waals surface area contributed by atoms with Crippen molar-refractivity contribution in [2.45, 2.75) is 17.2 Å². The number of fused-ring (bicyclic) bond motifs is 3. The molecule has 0 atom stereocenters. The smallest absolute Gasteiger partial charge is 0.0713 e. The fourth-order valence-corrected chi connectivity index (χ4v) is 4.74. The lowest BCUT2D eigenvalue weighted by Gasteiger charge is -2.34. The Bertz CT molecular complexity index is 1100. The van der Waals surface area contributed by atoms with Crippen molar-refractivity contribution in [3.63, 3.8) is 0 Å². The lowest BCUT2D eigenvalue weighted by molar-refractivity contribution is 0.765. The summed E-state index contributed by atoms with van der Waals surface area (Å²) in [6.07, 6.45) is 0. The van der Waals surface area contributed by atoms with Crippen LogP contribution in [0.5, 0.6) is 0 Å². The van der Waals surface area contributed by atoms with E-state index < -0.39 is 0 Å². The summed E-state index contributed by atoms with van der Waals surface area (Å²) < 4.78 is 0. The van der Waals surface area contributed by atoms with Gasteiger partial charge in [-0.25, -0.2) is 0 Å². The minimum atomic E-state index is -0.305. The Morgan fingerprint density at radius 3 is 1.74 bits per heavy atom. The number of hydrogen-bond donors (Lipinski definition) is 1. The summed E-state index contributed by atoms with van der Waals surface area (Å²) in [5.41, 5.74) is 8.84. The van der Waals surface area contributed by atoms with E-state index >= 15 is 0 Å². The van der Waals surface area contributed by atoms with E-state index in [2.05, 4.69) is 117 Å². The van der Waals surface area contributed by atoms with Crippen LogP contribution in [-0.4, -0.2) is 0 Å². The van der Waals surface area contributed by atoms with E-state index in [1.165, 1.54) is 38.9 Å². The highest BCUT2D eigenvalue weighted by Crippen LogP contribution is 2.56. The molecule has 1 heteroatoms. The number of aryl methyl sites for hydroxylation is 1. The fraction of sp³-hybridized carbons (Fsp3) is 0.0769. The van der Waals surface area contributed by atoms with Gasteiger partial charge in [0.15, 0.2) is 0 Å².